The molecule has 2 aliphatic heterocycles. The lowest BCUT2D eigenvalue weighted by Crippen LogP contribution is -2.45. The molecule has 0 bridgehead atoms. The Kier molecular flexibility index (Phi) is 3.09. The average Bonchev–Trinajstić information content (AvgIpc) is 2.61. The van der Waals surface area contributed by atoms with Crippen molar-refractivity contribution >= 4 is 9.84 Å². The second-order valence-electron chi connectivity index (χ2n) is 4.25. The Morgan fingerprint density at radius 1 is 1.29 bits per heavy atom. The summed E-state index contributed by atoms with van der Waals surface area (Å²) in [7, 11) is -2.71. The van der Waals surface area contributed by atoms with Gasteiger partial charge in [0.05, 0.1) is 11.5 Å². The molecule has 1 N–H and O–H groups in total. The number of hydrogen-bond donors (Lipinski definition) is 1. The van der Waals surface area contributed by atoms with Gasteiger partial charge >= 0.3 is 0 Å². The molecule has 82 valence electrons. The predicted octanol–water partition coefficient (Wildman–Crippen LogP) is -0.531. The second-order valence-corrected chi connectivity index (χ2v) is 6.55. The van der Waals surface area contributed by atoms with E-state index in [1.54, 1.807) is 0 Å². The van der Waals surface area contributed by atoms with Gasteiger partial charge in [-0.1, -0.05) is 0 Å². The molecule has 0 spiro atoms. The van der Waals surface area contributed by atoms with Gasteiger partial charge in [-0.25, -0.2) is 8.42 Å². The van der Waals surface area contributed by atoms with Gasteiger partial charge < -0.3 is 5.32 Å². The molecule has 0 saturated carbocycles. The van der Waals surface area contributed by atoms with E-state index >= 15 is 0 Å². The summed E-state index contributed by atoms with van der Waals surface area (Å²) >= 11 is 0. The van der Waals surface area contributed by atoms with Crippen LogP contribution in [0.3, 0.4) is 0 Å². The Morgan fingerprint density at radius 2 is 2.00 bits per heavy atom. The van der Waals surface area contributed by atoms with Crippen LogP contribution in [0.15, 0.2) is 0 Å². The molecule has 0 aliphatic carbocycles. The van der Waals surface area contributed by atoms with Gasteiger partial charge in [0.25, 0.3) is 0 Å². The first-order valence-corrected chi connectivity index (χ1v) is 7.14. The van der Waals surface area contributed by atoms with E-state index in [2.05, 4.69) is 10.2 Å². The molecule has 2 saturated heterocycles. The summed E-state index contributed by atoms with van der Waals surface area (Å²) in [6.07, 6.45) is 2.50. The van der Waals surface area contributed by atoms with Crippen molar-refractivity contribution < 1.29 is 8.42 Å². The Morgan fingerprint density at radius 3 is 2.57 bits per heavy atom. The highest BCUT2D eigenvalue weighted by Gasteiger charge is 2.24. The quantitative estimate of drug-likeness (QED) is 0.677. The van der Waals surface area contributed by atoms with Crippen LogP contribution in [-0.2, 0) is 9.84 Å². The summed E-state index contributed by atoms with van der Waals surface area (Å²) in [5.41, 5.74) is 0. The van der Waals surface area contributed by atoms with Gasteiger partial charge in [0.1, 0.15) is 0 Å². The van der Waals surface area contributed by atoms with Crippen molar-refractivity contribution in [3.05, 3.63) is 0 Å². The third kappa shape index (κ3) is 2.68. The summed E-state index contributed by atoms with van der Waals surface area (Å²) in [6, 6.07) is 0.593. The van der Waals surface area contributed by atoms with Crippen LogP contribution in [0.4, 0.5) is 0 Å². The van der Waals surface area contributed by atoms with Crippen LogP contribution in [-0.4, -0.2) is 57.0 Å². The zero-order valence-corrected chi connectivity index (χ0v) is 9.22. The number of nitrogens with one attached hydrogen (secondary N) is 1. The van der Waals surface area contributed by atoms with Gasteiger partial charge in [0.2, 0.25) is 0 Å². The minimum absolute atomic E-state index is 0.347. The van der Waals surface area contributed by atoms with E-state index < -0.39 is 9.84 Å². The molecule has 1 atom stereocenters. The highest BCUT2D eigenvalue weighted by Crippen LogP contribution is 2.09. The summed E-state index contributed by atoms with van der Waals surface area (Å²) in [5.74, 6) is 0.694. The van der Waals surface area contributed by atoms with Gasteiger partial charge in [-0.05, 0) is 19.4 Å². The predicted molar refractivity (Wildman–Crippen MR) is 56.1 cm³/mol. The Bertz CT molecular complexity index is 269. The van der Waals surface area contributed by atoms with Gasteiger partial charge in [-0.2, -0.15) is 0 Å². The number of hydrogen-bond acceptors (Lipinski definition) is 4. The lowest BCUT2D eigenvalue weighted by molar-refractivity contribution is 0.268. The maximum atomic E-state index is 11.2. The van der Waals surface area contributed by atoms with Crippen molar-refractivity contribution in [2.24, 2.45) is 0 Å². The molecule has 0 radical (unpaired) electrons. The van der Waals surface area contributed by atoms with Gasteiger partial charge in [-0.15, -0.1) is 0 Å². The summed E-state index contributed by atoms with van der Waals surface area (Å²) < 4.78 is 22.4. The summed E-state index contributed by atoms with van der Waals surface area (Å²) in [6.45, 7) is 3.59. The molecular weight excluding hydrogens is 200 g/mol. The highest BCUT2D eigenvalue weighted by molar-refractivity contribution is 7.91. The van der Waals surface area contributed by atoms with Crippen molar-refractivity contribution in [3.8, 4) is 0 Å². The average molecular weight is 218 g/mol. The van der Waals surface area contributed by atoms with Gasteiger partial charge in [0.15, 0.2) is 9.84 Å². The fourth-order valence-electron chi connectivity index (χ4n) is 2.16. The maximum Gasteiger partial charge on any atom is 0.152 e. The Hall–Kier alpha value is -0.130. The molecule has 5 heteroatoms. The lowest BCUT2D eigenvalue weighted by atomic mass is 10.2. The Labute approximate surface area is 85.6 Å². The van der Waals surface area contributed by atoms with Crippen LogP contribution in [0.5, 0.6) is 0 Å². The molecule has 4 nitrogen and oxygen atoms in total. The molecule has 14 heavy (non-hydrogen) atoms. The van der Waals surface area contributed by atoms with Crippen LogP contribution < -0.4 is 5.32 Å². The standard InChI is InChI=1S/C9H18N2O2S/c12-14(13)6-4-11(5-7-14)8-9-2-1-3-10-9/h9-10H,1-8H2/t9-/m0/s1. The number of sulfone groups is 1. The van der Waals surface area contributed by atoms with E-state index in [9.17, 15) is 8.42 Å². The molecule has 2 rings (SSSR count). The van der Waals surface area contributed by atoms with Crippen molar-refractivity contribution in [1.82, 2.24) is 10.2 Å². The van der Waals surface area contributed by atoms with Gasteiger partial charge in [-0.3, -0.25) is 4.90 Å². The van der Waals surface area contributed by atoms with Crippen molar-refractivity contribution in [2.75, 3.05) is 37.7 Å². The lowest BCUT2D eigenvalue weighted by Gasteiger charge is -2.28. The van der Waals surface area contributed by atoms with Gasteiger partial charge in [0, 0.05) is 25.7 Å². The van der Waals surface area contributed by atoms with E-state index in [-0.39, 0.29) is 0 Å². The first kappa shape index (κ1) is 10.4. The highest BCUT2D eigenvalue weighted by atomic mass is 32.2. The second kappa shape index (κ2) is 4.16. The first-order valence-electron chi connectivity index (χ1n) is 5.32. The zero-order valence-electron chi connectivity index (χ0n) is 8.41. The van der Waals surface area contributed by atoms with Crippen molar-refractivity contribution in [1.29, 1.82) is 0 Å². The van der Waals surface area contributed by atoms with Crippen molar-refractivity contribution in [2.45, 2.75) is 18.9 Å². The van der Waals surface area contributed by atoms with E-state index in [0.717, 1.165) is 26.2 Å². The fraction of sp³-hybridized carbons (Fsp3) is 1.00. The van der Waals surface area contributed by atoms with E-state index in [1.807, 2.05) is 0 Å². The third-order valence-corrected chi connectivity index (χ3v) is 4.69. The Balaban J connectivity index is 1.78. The molecule has 0 aromatic carbocycles. The van der Waals surface area contributed by atoms with Crippen LogP contribution in [0.2, 0.25) is 0 Å². The molecule has 0 aromatic heterocycles. The molecule has 2 heterocycles. The molecule has 0 aromatic rings. The van der Waals surface area contributed by atoms with E-state index in [0.29, 0.717) is 17.5 Å². The molecule has 2 fully saturated rings. The van der Waals surface area contributed by atoms with E-state index in [4.69, 9.17) is 0 Å². The molecule has 0 unspecified atom stereocenters. The molecular formula is C9H18N2O2S. The molecule has 2 aliphatic rings. The minimum Gasteiger partial charge on any atom is -0.313 e. The number of rotatable bonds is 2. The normalized spacial score (nSPS) is 33.3. The van der Waals surface area contributed by atoms with Crippen LogP contribution in [0.1, 0.15) is 12.8 Å². The van der Waals surface area contributed by atoms with Crippen LogP contribution in [0, 0.1) is 0 Å². The summed E-state index contributed by atoms with van der Waals surface area (Å²) in [4.78, 5) is 2.27. The zero-order chi connectivity index (χ0) is 10.0. The topological polar surface area (TPSA) is 49.4 Å². The van der Waals surface area contributed by atoms with Crippen LogP contribution in [0.25, 0.3) is 0 Å². The monoisotopic (exact) mass is 218 g/mol. The smallest absolute Gasteiger partial charge is 0.152 e. The van der Waals surface area contributed by atoms with E-state index in [1.165, 1.54) is 12.8 Å². The fourth-order valence-corrected chi connectivity index (χ4v) is 3.43. The maximum absolute atomic E-state index is 11.2. The third-order valence-electron chi connectivity index (χ3n) is 3.08. The largest absolute Gasteiger partial charge is 0.313 e. The molecule has 0 amide bonds. The number of nitrogens with zero attached hydrogens (tertiary/aromatic N) is 1. The van der Waals surface area contributed by atoms with Crippen molar-refractivity contribution in [3.63, 3.8) is 0 Å². The van der Waals surface area contributed by atoms with Crippen LogP contribution >= 0.6 is 0 Å². The minimum atomic E-state index is -2.71. The summed E-state index contributed by atoms with van der Waals surface area (Å²) in [5, 5.41) is 3.43. The SMILES string of the molecule is O=S1(=O)CCN(C[C@@H]2CCCN2)CC1. The first-order chi connectivity index (χ1) is 6.66.